The van der Waals surface area contributed by atoms with Gasteiger partial charge >= 0.3 is 5.97 Å². The molecule has 6 nitrogen and oxygen atoms in total. The molecule has 0 radical (unpaired) electrons. The summed E-state index contributed by atoms with van der Waals surface area (Å²) in [5.74, 6) is 0.685. The topological polar surface area (TPSA) is 79.4 Å². The molecular weight excluding hydrogens is 246 g/mol. The van der Waals surface area contributed by atoms with Gasteiger partial charge in [-0.15, -0.1) is 0 Å². The Hall–Kier alpha value is -2.50. The van der Waals surface area contributed by atoms with Gasteiger partial charge in [-0.1, -0.05) is 18.2 Å². The standard InChI is InChI=1S/C13H15N3O3/c1-18-11-5-3-2-4-10(11)9-19-13(17)8-16-7-6-12(14)15-16/h2-7H,8-9H2,1H3,(H2,14,15). The Kier molecular flexibility index (Phi) is 4.02. The fraction of sp³-hybridized carbons (Fsp3) is 0.231. The van der Waals surface area contributed by atoms with Crippen molar-refractivity contribution < 1.29 is 14.3 Å². The van der Waals surface area contributed by atoms with Crippen molar-refractivity contribution in [1.29, 1.82) is 0 Å². The Bertz CT molecular complexity index is 566. The molecule has 1 aromatic heterocycles. The van der Waals surface area contributed by atoms with Gasteiger partial charge < -0.3 is 15.2 Å². The number of carbonyl (C=O) groups excluding carboxylic acids is 1. The van der Waals surface area contributed by atoms with Crippen LogP contribution in [0.25, 0.3) is 0 Å². The molecule has 2 aromatic rings. The zero-order valence-corrected chi connectivity index (χ0v) is 10.6. The van der Waals surface area contributed by atoms with E-state index in [-0.39, 0.29) is 19.1 Å². The van der Waals surface area contributed by atoms with Gasteiger partial charge in [0.1, 0.15) is 24.7 Å². The number of carbonyl (C=O) groups is 1. The smallest absolute Gasteiger partial charge is 0.328 e. The highest BCUT2D eigenvalue weighted by Crippen LogP contribution is 2.18. The largest absolute Gasteiger partial charge is 0.496 e. The van der Waals surface area contributed by atoms with Gasteiger partial charge in [0.15, 0.2) is 0 Å². The lowest BCUT2D eigenvalue weighted by molar-refractivity contribution is -0.145. The van der Waals surface area contributed by atoms with Crippen LogP contribution in [0.1, 0.15) is 5.56 Å². The van der Waals surface area contributed by atoms with Crippen molar-refractivity contribution in [2.45, 2.75) is 13.2 Å². The van der Waals surface area contributed by atoms with Crippen LogP contribution >= 0.6 is 0 Å². The maximum Gasteiger partial charge on any atom is 0.328 e. The minimum atomic E-state index is -0.381. The summed E-state index contributed by atoms with van der Waals surface area (Å²) in [6, 6.07) is 9.00. The van der Waals surface area contributed by atoms with Crippen LogP contribution in [0.5, 0.6) is 5.75 Å². The van der Waals surface area contributed by atoms with Crippen molar-refractivity contribution >= 4 is 11.8 Å². The second-order valence-corrected chi connectivity index (χ2v) is 3.91. The molecule has 0 aliphatic rings. The summed E-state index contributed by atoms with van der Waals surface area (Å²) in [7, 11) is 1.58. The van der Waals surface area contributed by atoms with E-state index in [1.54, 1.807) is 19.4 Å². The lowest BCUT2D eigenvalue weighted by Crippen LogP contribution is -2.14. The number of nitrogen functional groups attached to an aromatic ring is 1. The van der Waals surface area contributed by atoms with Crippen molar-refractivity contribution in [1.82, 2.24) is 9.78 Å². The molecule has 0 aliphatic heterocycles. The van der Waals surface area contributed by atoms with Crippen LogP contribution in [-0.2, 0) is 22.7 Å². The van der Waals surface area contributed by atoms with Crippen LogP contribution in [0, 0.1) is 0 Å². The molecule has 0 saturated heterocycles. The van der Waals surface area contributed by atoms with Gasteiger partial charge in [0, 0.05) is 11.8 Å². The maximum atomic E-state index is 11.6. The third-order valence-corrected chi connectivity index (χ3v) is 2.53. The fourth-order valence-corrected chi connectivity index (χ4v) is 1.62. The van der Waals surface area contributed by atoms with Gasteiger partial charge in [-0.2, -0.15) is 5.10 Å². The molecular formula is C13H15N3O3. The summed E-state index contributed by atoms with van der Waals surface area (Å²) in [5.41, 5.74) is 6.27. The number of nitrogens with two attached hydrogens (primary N) is 1. The van der Waals surface area contributed by atoms with Gasteiger partial charge in [0.25, 0.3) is 0 Å². The molecule has 1 aromatic carbocycles. The summed E-state index contributed by atoms with van der Waals surface area (Å²) in [4.78, 5) is 11.6. The number of esters is 1. The predicted octanol–water partition coefficient (Wildman–Crippen LogP) is 1.22. The number of hydrogen-bond acceptors (Lipinski definition) is 5. The maximum absolute atomic E-state index is 11.6. The molecule has 100 valence electrons. The normalized spacial score (nSPS) is 10.2. The SMILES string of the molecule is COc1ccccc1COC(=O)Cn1ccc(N)n1. The second-order valence-electron chi connectivity index (χ2n) is 3.91. The Morgan fingerprint density at radius 3 is 2.84 bits per heavy atom. The monoisotopic (exact) mass is 261 g/mol. The van der Waals surface area contributed by atoms with Gasteiger partial charge in [-0.25, -0.2) is 0 Å². The molecule has 19 heavy (non-hydrogen) atoms. The average Bonchev–Trinajstić information content (AvgIpc) is 2.82. The molecule has 0 spiro atoms. The molecule has 0 atom stereocenters. The zero-order valence-electron chi connectivity index (χ0n) is 10.6. The zero-order chi connectivity index (χ0) is 13.7. The number of aromatic nitrogens is 2. The molecule has 1 heterocycles. The Morgan fingerprint density at radius 2 is 2.16 bits per heavy atom. The van der Waals surface area contributed by atoms with Crippen molar-refractivity contribution in [2.75, 3.05) is 12.8 Å². The first-order valence-corrected chi connectivity index (χ1v) is 5.75. The number of para-hydroxylation sites is 1. The average molecular weight is 261 g/mol. The minimum Gasteiger partial charge on any atom is -0.496 e. The van der Waals surface area contributed by atoms with Crippen LogP contribution in [0.15, 0.2) is 36.5 Å². The number of hydrogen-bond donors (Lipinski definition) is 1. The first-order chi connectivity index (χ1) is 9.19. The Morgan fingerprint density at radius 1 is 1.37 bits per heavy atom. The number of benzene rings is 1. The summed E-state index contributed by atoms with van der Waals surface area (Å²) >= 11 is 0. The Balaban J connectivity index is 1.89. The summed E-state index contributed by atoms with van der Waals surface area (Å²) in [6.07, 6.45) is 1.62. The van der Waals surface area contributed by atoms with Gasteiger partial charge in [0.05, 0.1) is 7.11 Å². The Labute approximate surface area is 110 Å². The fourth-order valence-electron chi connectivity index (χ4n) is 1.62. The highest BCUT2D eigenvalue weighted by atomic mass is 16.5. The van der Waals surface area contributed by atoms with Crippen molar-refractivity contribution in [3.63, 3.8) is 0 Å². The summed E-state index contributed by atoms with van der Waals surface area (Å²) in [6.45, 7) is 0.200. The van der Waals surface area contributed by atoms with Crippen LogP contribution in [-0.4, -0.2) is 22.9 Å². The quantitative estimate of drug-likeness (QED) is 0.818. The predicted molar refractivity (Wildman–Crippen MR) is 69.4 cm³/mol. The van der Waals surface area contributed by atoms with Crippen LogP contribution < -0.4 is 10.5 Å². The van der Waals surface area contributed by atoms with E-state index < -0.39 is 0 Å². The van der Waals surface area contributed by atoms with Crippen molar-refractivity contribution in [2.24, 2.45) is 0 Å². The van der Waals surface area contributed by atoms with E-state index in [9.17, 15) is 4.79 Å². The lowest BCUT2D eigenvalue weighted by Gasteiger charge is -2.09. The lowest BCUT2D eigenvalue weighted by atomic mass is 10.2. The van der Waals surface area contributed by atoms with E-state index in [4.69, 9.17) is 15.2 Å². The number of ether oxygens (including phenoxy) is 2. The van der Waals surface area contributed by atoms with E-state index in [0.717, 1.165) is 5.56 Å². The minimum absolute atomic E-state index is 0.0341. The van der Waals surface area contributed by atoms with E-state index in [1.807, 2.05) is 24.3 Å². The highest BCUT2D eigenvalue weighted by Gasteiger charge is 2.08. The number of nitrogens with zero attached hydrogens (tertiary/aromatic N) is 2. The molecule has 0 aliphatic carbocycles. The molecule has 2 N–H and O–H groups in total. The number of anilines is 1. The number of rotatable bonds is 5. The van der Waals surface area contributed by atoms with Gasteiger partial charge in [-0.05, 0) is 12.1 Å². The third-order valence-electron chi connectivity index (χ3n) is 2.53. The van der Waals surface area contributed by atoms with E-state index in [2.05, 4.69) is 5.10 Å². The summed E-state index contributed by atoms with van der Waals surface area (Å²) in [5, 5.41) is 3.91. The molecule has 0 unspecified atom stereocenters. The van der Waals surface area contributed by atoms with Gasteiger partial charge in [-0.3, -0.25) is 9.48 Å². The summed E-state index contributed by atoms with van der Waals surface area (Å²) < 4.78 is 11.8. The van der Waals surface area contributed by atoms with E-state index in [1.165, 1.54) is 4.68 Å². The molecule has 0 bridgehead atoms. The van der Waals surface area contributed by atoms with E-state index in [0.29, 0.717) is 11.6 Å². The highest BCUT2D eigenvalue weighted by molar-refractivity contribution is 5.69. The number of methoxy groups -OCH3 is 1. The van der Waals surface area contributed by atoms with Crippen LogP contribution in [0.4, 0.5) is 5.82 Å². The van der Waals surface area contributed by atoms with Crippen LogP contribution in [0.2, 0.25) is 0 Å². The first kappa shape index (κ1) is 12.9. The molecule has 2 rings (SSSR count). The molecule has 0 saturated carbocycles. The first-order valence-electron chi connectivity index (χ1n) is 5.75. The van der Waals surface area contributed by atoms with Crippen molar-refractivity contribution in [3.05, 3.63) is 42.1 Å². The van der Waals surface area contributed by atoms with E-state index >= 15 is 0 Å². The molecule has 0 amide bonds. The van der Waals surface area contributed by atoms with Crippen LogP contribution in [0.3, 0.4) is 0 Å². The third kappa shape index (κ3) is 3.48. The van der Waals surface area contributed by atoms with Gasteiger partial charge in [0.2, 0.25) is 0 Å². The second kappa shape index (κ2) is 5.90. The van der Waals surface area contributed by atoms with Crippen molar-refractivity contribution in [3.8, 4) is 5.75 Å². The molecule has 6 heteroatoms. The molecule has 0 fully saturated rings.